The van der Waals surface area contributed by atoms with E-state index < -0.39 is 17.8 Å². The quantitative estimate of drug-likeness (QED) is 0.892. The SMILES string of the molecule is COCn1cc(NC(=O)c2cc(C(F)(F)F)[nH]n2)cn1. The van der Waals surface area contributed by atoms with Crippen molar-refractivity contribution in [3.8, 4) is 0 Å². The maximum atomic E-state index is 12.3. The minimum Gasteiger partial charge on any atom is -0.362 e. The highest BCUT2D eigenvalue weighted by molar-refractivity contribution is 6.02. The van der Waals surface area contributed by atoms with E-state index in [1.165, 1.54) is 24.2 Å². The molecule has 2 aromatic rings. The number of alkyl halides is 3. The molecule has 0 aliphatic heterocycles. The first kappa shape index (κ1) is 14.1. The van der Waals surface area contributed by atoms with E-state index in [0.717, 1.165) is 0 Å². The lowest BCUT2D eigenvalue weighted by molar-refractivity contribution is -0.141. The van der Waals surface area contributed by atoms with Gasteiger partial charge in [0.05, 0.1) is 18.1 Å². The second-order valence-electron chi connectivity index (χ2n) is 3.80. The predicted octanol–water partition coefficient (Wildman–Crippen LogP) is 1.48. The molecule has 0 spiro atoms. The second-order valence-corrected chi connectivity index (χ2v) is 3.80. The Bertz CT molecular complexity index is 604. The molecule has 2 rings (SSSR count). The average molecular weight is 289 g/mol. The Morgan fingerprint density at radius 3 is 2.90 bits per heavy atom. The summed E-state index contributed by atoms with van der Waals surface area (Å²) in [6.07, 6.45) is -1.76. The number of amides is 1. The van der Waals surface area contributed by atoms with Gasteiger partial charge in [-0.05, 0) is 0 Å². The molecule has 0 aliphatic rings. The van der Waals surface area contributed by atoms with Crippen molar-refractivity contribution in [1.82, 2.24) is 20.0 Å². The summed E-state index contributed by atoms with van der Waals surface area (Å²) in [5.74, 6) is -0.770. The summed E-state index contributed by atoms with van der Waals surface area (Å²) in [4.78, 5) is 11.7. The first-order valence-electron chi connectivity index (χ1n) is 5.35. The van der Waals surface area contributed by atoms with Crippen LogP contribution >= 0.6 is 0 Å². The van der Waals surface area contributed by atoms with E-state index in [-0.39, 0.29) is 12.4 Å². The molecule has 2 aromatic heterocycles. The number of aromatic nitrogens is 4. The van der Waals surface area contributed by atoms with Gasteiger partial charge in [0.1, 0.15) is 12.4 Å². The molecule has 0 bridgehead atoms. The molecule has 0 atom stereocenters. The van der Waals surface area contributed by atoms with Crippen molar-refractivity contribution in [2.45, 2.75) is 12.9 Å². The summed E-state index contributed by atoms with van der Waals surface area (Å²) in [5.41, 5.74) is -1.13. The van der Waals surface area contributed by atoms with Gasteiger partial charge in [-0.2, -0.15) is 23.4 Å². The van der Waals surface area contributed by atoms with Crippen LogP contribution in [0.25, 0.3) is 0 Å². The maximum absolute atomic E-state index is 12.3. The van der Waals surface area contributed by atoms with E-state index in [0.29, 0.717) is 11.8 Å². The fraction of sp³-hybridized carbons (Fsp3) is 0.300. The first-order chi connectivity index (χ1) is 9.40. The van der Waals surface area contributed by atoms with Crippen molar-refractivity contribution in [3.63, 3.8) is 0 Å². The van der Waals surface area contributed by atoms with Gasteiger partial charge in [0.2, 0.25) is 0 Å². The van der Waals surface area contributed by atoms with E-state index in [2.05, 4.69) is 15.5 Å². The zero-order valence-corrected chi connectivity index (χ0v) is 10.2. The minimum absolute atomic E-state index is 0.191. The van der Waals surface area contributed by atoms with Gasteiger partial charge in [-0.15, -0.1) is 0 Å². The highest BCUT2D eigenvalue weighted by Crippen LogP contribution is 2.27. The molecule has 0 fully saturated rings. The molecule has 0 aliphatic carbocycles. The Labute approximate surface area is 110 Å². The summed E-state index contributed by atoms with van der Waals surface area (Å²) in [6.45, 7) is 0.191. The van der Waals surface area contributed by atoms with Crippen LogP contribution in [0.3, 0.4) is 0 Å². The van der Waals surface area contributed by atoms with Gasteiger partial charge in [0.15, 0.2) is 5.69 Å². The smallest absolute Gasteiger partial charge is 0.362 e. The molecule has 20 heavy (non-hydrogen) atoms. The highest BCUT2D eigenvalue weighted by Gasteiger charge is 2.33. The van der Waals surface area contributed by atoms with Crippen molar-refractivity contribution in [3.05, 3.63) is 29.8 Å². The highest BCUT2D eigenvalue weighted by atomic mass is 19.4. The van der Waals surface area contributed by atoms with Crippen LogP contribution in [0.15, 0.2) is 18.5 Å². The topological polar surface area (TPSA) is 84.8 Å². The molecule has 2 heterocycles. The number of anilines is 1. The van der Waals surface area contributed by atoms with E-state index in [1.807, 2.05) is 0 Å². The minimum atomic E-state index is -4.57. The van der Waals surface area contributed by atoms with Crippen molar-refractivity contribution in [2.75, 3.05) is 12.4 Å². The van der Waals surface area contributed by atoms with Crippen LogP contribution in [-0.2, 0) is 17.6 Å². The Hall–Kier alpha value is -2.36. The molecule has 0 aromatic carbocycles. The molecule has 7 nitrogen and oxygen atoms in total. The number of methoxy groups -OCH3 is 1. The Balaban J connectivity index is 2.06. The fourth-order valence-corrected chi connectivity index (χ4v) is 1.41. The number of ether oxygens (including phenoxy) is 1. The predicted molar refractivity (Wildman–Crippen MR) is 60.8 cm³/mol. The monoisotopic (exact) mass is 289 g/mol. The fourth-order valence-electron chi connectivity index (χ4n) is 1.41. The number of rotatable bonds is 4. The molecule has 10 heteroatoms. The first-order valence-corrected chi connectivity index (χ1v) is 5.35. The van der Waals surface area contributed by atoms with Crippen LogP contribution in [-0.4, -0.2) is 33.0 Å². The number of nitrogens with zero attached hydrogens (tertiary/aromatic N) is 3. The van der Waals surface area contributed by atoms with Gasteiger partial charge in [0.25, 0.3) is 5.91 Å². The summed E-state index contributed by atoms with van der Waals surface area (Å²) in [5, 5.41) is 11.3. The molecule has 1 amide bonds. The van der Waals surface area contributed by atoms with Gasteiger partial charge < -0.3 is 10.1 Å². The van der Waals surface area contributed by atoms with Crippen molar-refractivity contribution < 1.29 is 22.7 Å². The molecule has 0 saturated carbocycles. The molecule has 0 unspecified atom stereocenters. The third-order valence-corrected chi connectivity index (χ3v) is 2.27. The zero-order chi connectivity index (χ0) is 14.8. The van der Waals surface area contributed by atoms with E-state index in [9.17, 15) is 18.0 Å². The Kier molecular flexibility index (Phi) is 3.74. The van der Waals surface area contributed by atoms with Gasteiger partial charge >= 0.3 is 6.18 Å². The van der Waals surface area contributed by atoms with Gasteiger partial charge in [0, 0.05) is 13.2 Å². The molecule has 0 saturated heterocycles. The third-order valence-electron chi connectivity index (χ3n) is 2.27. The van der Waals surface area contributed by atoms with Crippen LogP contribution in [0.2, 0.25) is 0 Å². The summed E-state index contributed by atoms with van der Waals surface area (Å²) in [7, 11) is 1.47. The number of carbonyl (C=O) groups is 1. The van der Waals surface area contributed by atoms with Gasteiger partial charge in [-0.25, -0.2) is 4.68 Å². The van der Waals surface area contributed by atoms with E-state index >= 15 is 0 Å². The van der Waals surface area contributed by atoms with Crippen LogP contribution in [0, 0.1) is 0 Å². The van der Waals surface area contributed by atoms with E-state index in [1.54, 1.807) is 5.10 Å². The second kappa shape index (κ2) is 5.33. The molecular formula is C10H10F3N5O2. The lowest BCUT2D eigenvalue weighted by atomic mass is 10.3. The molecule has 0 radical (unpaired) electrons. The summed E-state index contributed by atoms with van der Waals surface area (Å²) in [6, 6.07) is 0.634. The lowest BCUT2D eigenvalue weighted by Gasteiger charge is -2.00. The van der Waals surface area contributed by atoms with Crippen LogP contribution < -0.4 is 5.32 Å². The standard InChI is InChI=1S/C10H10F3N5O2/c1-20-5-18-4-6(3-14-18)15-9(19)7-2-8(17-16-7)10(11,12)13/h2-4H,5H2,1H3,(H,15,19)(H,16,17). The normalized spacial score (nSPS) is 11.6. The number of halogens is 3. The molecule has 2 N–H and O–H groups in total. The van der Waals surface area contributed by atoms with Crippen molar-refractivity contribution in [1.29, 1.82) is 0 Å². The summed E-state index contributed by atoms with van der Waals surface area (Å²) < 4.78 is 43.3. The number of hydrogen-bond acceptors (Lipinski definition) is 4. The Morgan fingerprint density at radius 1 is 1.55 bits per heavy atom. The van der Waals surface area contributed by atoms with Gasteiger partial charge in [-0.3, -0.25) is 9.89 Å². The van der Waals surface area contributed by atoms with Crippen LogP contribution in [0.5, 0.6) is 0 Å². The number of hydrogen-bond donors (Lipinski definition) is 2. The largest absolute Gasteiger partial charge is 0.432 e. The van der Waals surface area contributed by atoms with Gasteiger partial charge in [-0.1, -0.05) is 0 Å². The molecular weight excluding hydrogens is 279 g/mol. The number of carbonyl (C=O) groups excluding carboxylic acids is 1. The van der Waals surface area contributed by atoms with Crippen LogP contribution in [0.1, 0.15) is 16.2 Å². The third kappa shape index (κ3) is 3.15. The van der Waals surface area contributed by atoms with E-state index in [4.69, 9.17) is 4.74 Å². The lowest BCUT2D eigenvalue weighted by Crippen LogP contribution is -2.12. The number of H-pyrrole nitrogens is 1. The number of nitrogens with one attached hydrogen (secondary N) is 2. The maximum Gasteiger partial charge on any atom is 0.432 e. The van der Waals surface area contributed by atoms with Crippen LogP contribution in [0.4, 0.5) is 18.9 Å². The zero-order valence-electron chi connectivity index (χ0n) is 10.2. The van der Waals surface area contributed by atoms with Crippen molar-refractivity contribution >= 4 is 11.6 Å². The van der Waals surface area contributed by atoms with Crippen molar-refractivity contribution in [2.24, 2.45) is 0 Å². The average Bonchev–Trinajstić information content (AvgIpc) is 2.97. The Morgan fingerprint density at radius 2 is 2.30 bits per heavy atom. The number of aromatic amines is 1. The molecule has 108 valence electrons. The summed E-state index contributed by atoms with van der Waals surface area (Å²) >= 11 is 0.